The van der Waals surface area contributed by atoms with Gasteiger partial charge in [-0.1, -0.05) is 0 Å². The molecule has 2 aliphatic carbocycles. The molecule has 3 atom stereocenters. The van der Waals surface area contributed by atoms with Crippen LogP contribution in [0.15, 0.2) is 42.6 Å². The monoisotopic (exact) mass is 531 g/mol. The fourth-order valence-corrected chi connectivity index (χ4v) is 6.74. The number of halogens is 2. The van der Waals surface area contributed by atoms with Gasteiger partial charge in [-0.25, -0.2) is 13.8 Å². The maximum Gasteiger partial charge on any atom is 0.309 e. The van der Waals surface area contributed by atoms with Crippen LogP contribution >= 0.6 is 0 Å². The Morgan fingerprint density at radius 1 is 1.13 bits per heavy atom. The molecule has 2 aliphatic heterocycles. The molecule has 2 saturated heterocycles. The molecule has 3 heterocycles. The number of benzene rings is 2. The predicted molar refractivity (Wildman–Crippen MR) is 143 cm³/mol. The number of rotatable bonds is 7. The number of carbonyl (C=O) groups is 1. The lowest BCUT2D eigenvalue weighted by molar-refractivity contribution is -0.145. The summed E-state index contributed by atoms with van der Waals surface area (Å²) >= 11 is 0. The molecular formula is C31H31F2N3O3. The molecule has 1 aromatic heterocycles. The van der Waals surface area contributed by atoms with Gasteiger partial charge in [0.2, 0.25) is 5.88 Å². The third-order valence-corrected chi connectivity index (χ3v) is 8.97. The van der Waals surface area contributed by atoms with Crippen LogP contribution in [0.3, 0.4) is 0 Å². The molecule has 0 unspecified atom stereocenters. The van der Waals surface area contributed by atoms with Crippen LogP contribution in [0.1, 0.15) is 35.1 Å². The summed E-state index contributed by atoms with van der Waals surface area (Å²) in [6.07, 6.45) is 2.56. The van der Waals surface area contributed by atoms with Crippen molar-refractivity contribution in [1.82, 2.24) is 10.3 Å². The van der Waals surface area contributed by atoms with E-state index in [1.54, 1.807) is 31.3 Å². The average Bonchev–Trinajstić information content (AvgIpc) is 3.44. The summed E-state index contributed by atoms with van der Waals surface area (Å²) in [5, 5.41) is 3.32. The maximum atomic E-state index is 15.3. The van der Waals surface area contributed by atoms with Gasteiger partial charge in [0.15, 0.2) is 0 Å². The quantitative estimate of drug-likeness (QED) is 0.443. The minimum atomic E-state index is -0.395. The van der Waals surface area contributed by atoms with E-state index >= 15 is 4.39 Å². The van der Waals surface area contributed by atoms with Gasteiger partial charge in [-0.3, -0.25) is 4.79 Å². The Morgan fingerprint density at radius 2 is 1.95 bits per heavy atom. The number of nitrogens with zero attached hydrogens (tertiary/aromatic N) is 2. The van der Waals surface area contributed by atoms with Crippen molar-refractivity contribution in [2.75, 3.05) is 37.7 Å². The van der Waals surface area contributed by atoms with Crippen molar-refractivity contribution in [3.05, 3.63) is 76.5 Å². The highest BCUT2D eigenvalue weighted by atomic mass is 19.1. The van der Waals surface area contributed by atoms with Crippen LogP contribution in [-0.4, -0.2) is 43.7 Å². The van der Waals surface area contributed by atoms with E-state index in [2.05, 4.69) is 15.2 Å². The Bertz CT molecular complexity index is 1480. The summed E-state index contributed by atoms with van der Waals surface area (Å²) in [4.78, 5) is 18.8. The summed E-state index contributed by atoms with van der Waals surface area (Å²) in [5.74, 6) is -0.0507. The van der Waals surface area contributed by atoms with Crippen molar-refractivity contribution in [3.63, 3.8) is 0 Å². The van der Waals surface area contributed by atoms with Crippen LogP contribution in [0.25, 0.3) is 11.1 Å². The molecule has 6 nitrogen and oxygen atoms in total. The standard InChI is InChI=1S/C31H31F2N3O3/c1-3-38-30(37)29-23-7-18-9-27(35-11-24(18)28(23)29)39-12-19-8-22(17(2)6-25(19)32)21-5-4-20(10-26(21)33)36-15-31(16-36)13-34-14-31/h4-6,8-11,23,28-29,34H,3,7,12-16H2,1-2H3/t23-,28-,29+/m1/s1. The summed E-state index contributed by atoms with van der Waals surface area (Å²) in [6.45, 7) is 7.92. The Hall–Kier alpha value is -3.52. The van der Waals surface area contributed by atoms with Gasteiger partial charge in [0.05, 0.1) is 12.5 Å². The van der Waals surface area contributed by atoms with Gasteiger partial charge >= 0.3 is 5.97 Å². The van der Waals surface area contributed by atoms with Crippen LogP contribution < -0.4 is 15.0 Å². The van der Waals surface area contributed by atoms with Gasteiger partial charge in [0.25, 0.3) is 0 Å². The molecule has 3 fully saturated rings. The molecule has 2 aromatic carbocycles. The Kier molecular flexibility index (Phi) is 5.67. The molecule has 202 valence electrons. The fourth-order valence-electron chi connectivity index (χ4n) is 6.74. The second-order valence-electron chi connectivity index (χ2n) is 11.6. The fraction of sp³-hybridized carbons (Fsp3) is 0.419. The summed E-state index contributed by atoms with van der Waals surface area (Å²) in [7, 11) is 0. The average molecular weight is 532 g/mol. The van der Waals surface area contributed by atoms with E-state index in [9.17, 15) is 9.18 Å². The molecule has 8 heteroatoms. The number of fused-ring (bicyclic) bond motifs is 3. The maximum absolute atomic E-state index is 15.3. The first kappa shape index (κ1) is 24.5. The summed E-state index contributed by atoms with van der Waals surface area (Å²) < 4.78 is 41.3. The lowest BCUT2D eigenvalue weighted by Gasteiger charge is -2.57. The highest BCUT2D eigenvalue weighted by molar-refractivity contribution is 5.79. The largest absolute Gasteiger partial charge is 0.473 e. The number of carbonyl (C=O) groups excluding carboxylic acids is 1. The van der Waals surface area contributed by atoms with Gasteiger partial charge in [0, 0.05) is 66.6 Å². The highest BCUT2D eigenvalue weighted by Crippen LogP contribution is 2.61. The van der Waals surface area contributed by atoms with Crippen molar-refractivity contribution in [2.45, 2.75) is 32.8 Å². The number of aromatic nitrogens is 1. The zero-order valence-corrected chi connectivity index (χ0v) is 22.1. The van der Waals surface area contributed by atoms with Crippen molar-refractivity contribution in [3.8, 4) is 17.0 Å². The molecule has 39 heavy (non-hydrogen) atoms. The summed E-state index contributed by atoms with van der Waals surface area (Å²) in [6, 6.07) is 10.3. The highest BCUT2D eigenvalue weighted by Gasteiger charge is 2.60. The van der Waals surface area contributed by atoms with Gasteiger partial charge in [0.1, 0.15) is 18.2 Å². The minimum absolute atomic E-state index is 0.0210. The second-order valence-corrected chi connectivity index (χ2v) is 11.6. The van der Waals surface area contributed by atoms with E-state index in [0.717, 1.165) is 49.4 Å². The number of hydrogen-bond acceptors (Lipinski definition) is 6. The van der Waals surface area contributed by atoms with Gasteiger partial charge in [-0.05, 0) is 78.8 Å². The van der Waals surface area contributed by atoms with Gasteiger partial charge in [-0.15, -0.1) is 0 Å². The third-order valence-electron chi connectivity index (χ3n) is 8.97. The molecule has 4 aliphatic rings. The van der Waals surface area contributed by atoms with Crippen molar-refractivity contribution in [2.24, 2.45) is 17.3 Å². The van der Waals surface area contributed by atoms with Crippen LogP contribution in [0.5, 0.6) is 5.88 Å². The molecule has 3 aromatic rings. The van der Waals surface area contributed by atoms with Crippen molar-refractivity contribution >= 4 is 11.7 Å². The first-order valence-corrected chi connectivity index (χ1v) is 13.7. The number of anilines is 1. The van der Waals surface area contributed by atoms with E-state index in [1.807, 2.05) is 19.1 Å². The van der Waals surface area contributed by atoms with E-state index in [0.29, 0.717) is 40.2 Å². The summed E-state index contributed by atoms with van der Waals surface area (Å²) in [5.41, 5.74) is 5.53. The van der Waals surface area contributed by atoms with E-state index in [1.165, 1.54) is 6.07 Å². The molecule has 0 radical (unpaired) electrons. The second kappa shape index (κ2) is 9.01. The molecule has 1 spiro atoms. The lowest BCUT2D eigenvalue weighted by Crippen LogP contribution is -2.71. The SMILES string of the molecule is CCOC(=O)[C@H]1[C@@H]2Cc3cc(OCc4cc(-c5ccc(N6CC7(CNC7)C6)cc5F)c(C)cc4F)ncc3[C@@H]21. The van der Waals surface area contributed by atoms with Crippen LogP contribution in [0.2, 0.25) is 0 Å². The molecule has 0 bridgehead atoms. The molecular weight excluding hydrogens is 500 g/mol. The predicted octanol–water partition coefficient (Wildman–Crippen LogP) is 4.77. The Morgan fingerprint density at radius 3 is 2.67 bits per heavy atom. The normalized spacial score (nSPS) is 23.5. The first-order valence-electron chi connectivity index (χ1n) is 13.7. The number of ether oxygens (including phenoxy) is 2. The van der Waals surface area contributed by atoms with Gasteiger partial charge < -0.3 is 19.7 Å². The number of pyridine rings is 1. The molecule has 1 saturated carbocycles. The zero-order valence-electron chi connectivity index (χ0n) is 22.1. The Labute approximate surface area is 226 Å². The zero-order chi connectivity index (χ0) is 26.9. The molecule has 1 N–H and O–H groups in total. The van der Waals surface area contributed by atoms with E-state index in [4.69, 9.17) is 9.47 Å². The van der Waals surface area contributed by atoms with E-state index < -0.39 is 5.82 Å². The van der Waals surface area contributed by atoms with Crippen molar-refractivity contribution in [1.29, 1.82) is 0 Å². The first-order chi connectivity index (χ1) is 18.9. The third kappa shape index (κ3) is 4.07. The number of aryl methyl sites for hydroxylation is 1. The lowest BCUT2D eigenvalue weighted by atomic mass is 9.74. The molecule has 0 amide bonds. The van der Waals surface area contributed by atoms with E-state index in [-0.39, 0.29) is 36.1 Å². The minimum Gasteiger partial charge on any atom is -0.473 e. The Balaban J connectivity index is 1.05. The van der Waals surface area contributed by atoms with Crippen LogP contribution in [-0.2, 0) is 22.6 Å². The number of hydrogen-bond donors (Lipinski definition) is 1. The van der Waals surface area contributed by atoms with Crippen LogP contribution in [0, 0.1) is 35.8 Å². The number of nitrogens with one attached hydrogen (secondary N) is 1. The topological polar surface area (TPSA) is 63.7 Å². The molecule has 7 rings (SSSR count). The number of esters is 1. The van der Waals surface area contributed by atoms with Crippen LogP contribution in [0.4, 0.5) is 14.5 Å². The smallest absolute Gasteiger partial charge is 0.309 e. The van der Waals surface area contributed by atoms with Gasteiger partial charge in [-0.2, -0.15) is 0 Å². The van der Waals surface area contributed by atoms with Crippen molar-refractivity contribution < 1.29 is 23.0 Å².